The van der Waals surface area contributed by atoms with Crippen LogP contribution in [0.3, 0.4) is 0 Å². The fourth-order valence-corrected chi connectivity index (χ4v) is 2.99. The number of nitro groups is 2. The van der Waals surface area contributed by atoms with Gasteiger partial charge in [0.25, 0.3) is 11.4 Å². The van der Waals surface area contributed by atoms with E-state index in [9.17, 15) is 39.4 Å². The van der Waals surface area contributed by atoms with Gasteiger partial charge in [-0.3, -0.25) is 29.8 Å². The van der Waals surface area contributed by atoms with Crippen LogP contribution in [0.25, 0.3) is 0 Å². The normalized spacial score (nSPS) is 10.0. The summed E-state index contributed by atoms with van der Waals surface area (Å²) in [5.41, 5.74) is -0.186. The Hall–Kier alpha value is -4.78. The van der Waals surface area contributed by atoms with Crippen molar-refractivity contribution in [3.8, 4) is 11.5 Å². The molecule has 0 atom stereocenters. The first-order valence-corrected chi connectivity index (χ1v) is 14.8. The first-order chi connectivity index (χ1) is 23.0. The van der Waals surface area contributed by atoms with Crippen LogP contribution in [-0.4, -0.2) is 112 Å². The van der Waals surface area contributed by atoms with Gasteiger partial charge in [0.1, 0.15) is 49.7 Å². The van der Waals surface area contributed by atoms with Crippen LogP contribution in [0.15, 0.2) is 48.5 Å². The lowest BCUT2D eigenvalue weighted by atomic mass is 10.3. The molecule has 264 valence electrons. The molecule has 0 fully saturated rings. The number of non-ortho nitro benzene ring substituents is 2. The van der Waals surface area contributed by atoms with Crippen LogP contribution in [0.4, 0.5) is 11.4 Å². The topological polar surface area (TPSA) is 228 Å². The van der Waals surface area contributed by atoms with Crippen molar-refractivity contribution in [2.24, 2.45) is 0 Å². The van der Waals surface area contributed by atoms with Crippen LogP contribution in [0.2, 0.25) is 0 Å². The first-order valence-electron chi connectivity index (χ1n) is 13.7. The monoisotopic (exact) mass is 722 g/mol. The molecular weight excluding hydrogens is 691 g/mol. The van der Waals surface area contributed by atoms with Gasteiger partial charge >= 0.3 is 23.9 Å². The van der Waals surface area contributed by atoms with Crippen LogP contribution < -0.4 is 9.47 Å². The maximum atomic E-state index is 11.6. The zero-order valence-electron chi connectivity index (χ0n) is 25.3. The first kappa shape index (κ1) is 41.2. The molecule has 20 heteroatoms. The molecule has 0 amide bonds. The third-order valence-electron chi connectivity index (χ3n) is 4.99. The molecule has 0 aromatic heterocycles. The summed E-state index contributed by atoms with van der Waals surface area (Å²) in [5, 5.41) is 21.1. The standard InChI is InChI=1S/C20H20N2O11.C8H12Cl2O5/c23-19(13-32-17-5-1-15(2-6-17)21(25)26)30-11-9-29-10-12-31-20(24)14-33-18-7-3-16(4-8-18)22(27)28;9-5-7(11)14-3-1-13-2-4-15-8(12)6-10/h1-8H,9-14H2;1-6H2. The maximum Gasteiger partial charge on any atom is 0.344 e. The Kier molecular flexibility index (Phi) is 21.8. The lowest BCUT2D eigenvalue weighted by Crippen LogP contribution is -2.20. The molecule has 0 heterocycles. The molecule has 2 rings (SSSR count). The third kappa shape index (κ3) is 20.4. The zero-order valence-corrected chi connectivity index (χ0v) is 26.8. The Labute approximate surface area is 283 Å². The zero-order chi connectivity index (χ0) is 35.6. The Balaban J connectivity index is 0.000000646. The van der Waals surface area contributed by atoms with Gasteiger partial charge in [0.2, 0.25) is 0 Å². The highest BCUT2D eigenvalue weighted by molar-refractivity contribution is 6.26. The SMILES string of the molecule is O=C(CCl)OCCOCCOC(=O)CCl.O=C(COc1ccc([N+](=O)[O-])cc1)OCCOCCOC(=O)COc1ccc([N+](=O)[O-])cc1. The van der Waals surface area contributed by atoms with Gasteiger partial charge in [-0.05, 0) is 24.3 Å². The molecule has 0 bridgehead atoms. The number of nitro benzene ring substituents is 2. The number of halogens is 2. The summed E-state index contributed by atoms with van der Waals surface area (Å²) in [7, 11) is 0. The van der Waals surface area contributed by atoms with Crippen molar-refractivity contribution in [2.75, 3.05) is 77.8 Å². The van der Waals surface area contributed by atoms with Crippen molar-refractivity contribution in [3.05, 3.63) is 68.8 Å². The van der Waals surface area contributed by atoms with Crippen molar-refractivity contribution >= 4 is 58.5 Å². The average molecular weight is 723 g/mol. The number of hydrogen-bond acceptors (Lipinski definition) is 16. The Morgan fingerprint density at radius 3 is 1.06 bits per heavy atom. The predicted molar refractivity (Wildman–Crippen MR) is 164 cm³/mol. The molecule has 0 saturated heterocycles. The summed E-state index contributed by atoms with van der Waals surface area (Å²) in [5.74, 6) is -2.05. The minimum Gasteiger partial charge on any atom is -0.482 e. The lowest BCUT2D eigenvalue weighted by molar-refractivity contribution is -0.385. The summed E-state index contributed by atoms with van der Waals surface area (Å²) in [6, 6.07) is 10.5. The second-order valence-electron chi connectivity index (χ2n) is 8.45. The molecule has 0 N–H and O–H groups in total. The van der Waals surface area contributed by atoms with Crippen molar-refractivity contribution in [3.63, 3.8) is 0 Å². The second kappa shape index (κ2) is 25.3. The van der Waals surface area contributed by atoms with E-state index in [0.29, 0.717) is 0 Å². The molecule has 0 aliphatic heterocycles. The summed E-state index contributed by atoms with van der Waals surface area (Å²) in [4.78, 5) is 64.3. The number of benzene rings is 2. The summed E-state index contributed by atoms with van der Waals surface area (Å²) in [6.07, 6.45) is 0. The average Bonchev–Trinajstić information content (AvgIpc) is 3.09. The largest absolute Gasteiger partial charge is 0.482 e. The van der Waals surface area contributed by atoms with Gasteiger partial charge in [0.15, 0.2) is 13.2 Å². The van der Waals surface area contributed by atoms with E-state index < -0.39 is 33.7 Å². The molecule has 0 unspecified atom stereocenters. The van der Waals surface area contributed by atoms with Crippen LogP contribution >= 0.6 is 23.2 Å². The van der Waals surface area contributed by atoms with E-state index in [1.54, 1.807) is 0 Å². The van der Waals surface area contributed by atoms with Gasteiger partial charge in [-0.1, -0.05) is 0 Å². The Morgan fingerprint density at radius 1 is 0.500 bits per heavy atom. The number of carbonyl (C=O) groups excluding carboxylic acids is 4. The third-order valence-corrected chi connectivity index (χ3v) is 5.43. The molecule has 2 aromatic carbocycles. The van der Waals surface area contributed by atoms with E-state index in [1.807, 2.05) is 0 Å². The van der Waals surface area contributed by atoms with Crippen LogP contribution in [0.5, 0.6) is 11.5 Å². The molecule has 48 heavy (non-hydrogen) atoms. The number of esters is 4. The van der Waals surface area contributed by atoms with Gasteiger partial charge in [0.05, 0.1) is 36.3 Å². The summed E-state index contributed by atoms with van der Waals surface area (Å²) in [6.45, 7) is 0.0556. The van der Waals surface area contributed by atoms with E-state index in [2.05, 4.69) is 9.47 Å². The van der Waals surface area contributed by atoms with Gasteiger partial charge < -0.3 is 37.9 Å². The molecule has 18 nitrogen and oxygen atoms in total. The number of ether oxygens (including phenoxy) is 8. The number of rotatable bonds is 22. The molecule has 0 spiro atoms. The molecule has 2 aromatic rings. The smallest absolute Gasteiger partial charge is 0.344 e. The quantitative estimate of drug-likeness (QED) is 0.0425. The summed E-state index contributed by atoms with van der Waals surface area (Å²) >= 11 is 10.4. The molecular formula is C28H32Cl2N2O16. The second-order valence-corrected chi connectivity index (χ2v) is 8.99. The van der Waals surface area contributed by atoms with E-state index in [1.165, 1.54) is 48.5 Å². The van der Waals surface area contributed by atoms with Crippen molar-refractivity contribution in [1.29, 1.82) is 0 Å². The van der Waals surface area contributed by atoms with Gasteiger partial charge in [-0.15, -0.1) is 23.2 Å². The fraction of sp³-hybridized carbons (Fsp3) is 0.429. The number of nitrogens with zero attached hydrogens (tertiary/aromatic N) is 2. The van der Waals surface area contributed by atoms with Crippen LogP contribution in [0.1, 0.15) is 0 Å². The molecule has 0 saturated carbocycles. The Bertz CT molecular complexity index is 1200. The van der Waals surface area contributed by atoms with E-state index in [4.69, 9.17) is 51.6 Å². The van der Waals surface area contributed by atoms with Crippen molar-refractivity contribution < 1.29 is 66.9 Å². The molecule has 0 aliphatic carbocycles. The van der Waals surface area contributed by atoms with Crippen molar-refractivity contribution in [1.82, 2.24) is 0 Å². The highest BCUT2D eigenvalue weighted by atomic mass is 35.5. The van der Waals surface area contributed by atoms with Crippen LogP contribution in [-0.2, 0) is 47.6 Å². The van der Waals surface area contributed by atoms with E-state index >= 15 is 0 Å². The highest BCUT2D eigenvalue weighted by Gasteiger charge is 2.09. The number of alkyl halides is 2. The summed E-state index contributed by atoms with van der Waals surface area (Å²) < 4.78 is 39.5. The minimum absolute atomic E-state index is 0.0420. The van der Waals surface area contributed by atoms with Gasteiger partial charge in [-0.25, -0.2) is 9.59 Å². The van der Waals surface area contributed by atoms with E-state index in [-0.39, 0.29) is 101 Å². The fourth-order valence-electron chi connectivity index (χ4n) is 2.83. The minimum atomic E-state index is -0.647. The number of carbonyl (C=O) groups is 4. The van der Waals surface area contributed by atoms with Crippen LogP contribution in [0, 0.1) is 20.2 Å². The van der Waals surface area contributed by atoms with E-state index in [0.717, 1.165) is 0 Å². The highest BCUT2D eigenvalue weighted by Crippen LogP contribution is 2.18. The van der Waals surface area contributed by atoms with Gasteiger partial charge in [0, 0.05) is 24.3 Å². The lowest BCUT2D eigenvalue weighted by Gasteiger charge is -2.09. The maximum absolute atomic E-state index is 11.6. The van der Waals surface area contributed by atoms with Gasteiger partial charge in [-0.2, -0.15) is 0 Å². The van der Waals surface area contributed by atoms with Crippen molar-refractivity contribution in [2.45, 2.75) is 0 Å². The molecule has 0 aliphatic rings. The predicted octanol–water partition coefficient (Wildman–Crippen LogP) is 2.63. The molecule has 0 radical (unpaired) electrons. The number of hydrogen-bond donors (Lipinski definition) is 0. The Morgan fingerprint density at radius 2 is 0.792 bits per heavy atom.